The maximum Gasteiger partial charge on any atom is 0.330 e. The quantitative estimate of drug-likeness (QED) is 0.646. The molecule has 9 nitrogen and oxygen atoms in total. The normalized spacial score (nSPS) is 18.5. The second kappa shape index (κ2) is 12.4. The minimum Gasteiger partial charge on any atom is -0.462 e. The molecule has 1 aliphatic rings. The number of hydrogen-bond acceptors (Lipinski definition) is 7. The molecule has 2 unspecified atom stereocenters. The Hall–Kier alpha value is -1.97. The Labute approximate surface area is 146 Å². The molecule has 2 rings (SSSR count). The number of aromatic amines is 1. The average molecular weight is 359 g/mol. The fraction of sp³-hybridized carbons (Fsp3) is 0.688. The smallest absolute Gasteiger partial charge is 0.330 e. The summed E-state index contributed by atoms with van der Waals surface area (Å²) in [5.74, 6) is -0.492. The third-order valence-electron chi connectivity index (χ3n) is 3.14. The number of carbonyl (C=O) groups is 1. The highest BCUT2D eigenvalue weighted by molar-refractivity contribution is 5.71. The molecule has 1 aromatic heterocycles. The van der Waals surface area contributed by atoms with Gasteiger partial charge in [-0.05, 0) is 19.8 Å². The van der Waals surface area contributed by atoms with Crippen molar-refractivity contribution in [3.63, 3.8) is 0 Å². The van der Waals surface area contributed by atoms with E-state index in [1.54, 1.807) is 6.92 Å². The van der Waals surface area contributed by atoms with Crippen molar-refractivity contribution in [1.82, 2.24) is 9.55 Å². The third kappa shape index (κ3) is 7.63. The van der Waals surface area contributed by atoms with Crippen LogP contribution in [-0.2, 0) is 14.3 Å². The lowest BCUT2D eigenvalue weighted by Gasteiger charge is -2.16. The van der Waals surface area contributed by atoms with Crippen LogP contribution in [0, 0.1) is 6.92 Å². The first kappa shape index (κ1) is 23.0. The van der Waals surface area contributed by atoms with Crippen molar-refractivity contribution in [2.24, 2.45) is 5.73 Å². The first-order valence-corrected chi connectivity index (χ1v) is 8.20. The van der Waals surface area contributed by atoms with Gasteiger partial charge in [0.05, 0.1) is 12.6 Å². The largest absolute Gasteiger partial charge is 0.462 e. The summed E-state index contributed by atoms with van der Waals surface area (Å²) >= 11 is 0. The molecule has 0 radical (unpaired) electrons. The Kier molecular flexibility index (Phi) is 11.4. The Bertz CT molecular complexity index is 625. The number of aliphatic hydroxyl groups is 1. The number of nitrogens with zero attached hydrogens (tertiary/aromatic N) is 1. The monoisotopic (exact) mass is 359 g/mol. The Morgan fingerprint density at radius 3 is 2.56 bits per heavy atom. The predicted molar refractivity (Wildman–Crippen MR) is 93.3 cm³/mol. The zero-order chi connectivity index (χ0) is 19.4. The molecule has 25 heavy (non-hydrogen) atoms. The highest BCUT2D eigenvalue weighted by Gasteiger charge is 2.28. The lowest BCUT2D eigenvalue weighted by atomic mass is 10.2. The van der Waals surface area contributed by atoms with Crippen LogP contribution in [0.25, 0.3) is 0 Å². The molecule has 9 heteroatoms. The number of aliphatic hydroxyl groups excluding tert-OH is 1. The van der Waals surface area contributed by atoms with Gasteiger partial charge in [-0.25, -0.2) is 4.79 Å². The van der Waals surface area contributed by atoms with Gasteiger partial charge in [0.25, 0.3) is 5.56 Å². The molecule has 1 aliphatic heterocycles. The van der Waals surface area contributed by atoms with Crippen LogP contribution in [-0.4, -0.2) is 47.0 Å². The summed E-state index contributed by atoms with van der Waals surface area (Å²) in [6.45, 7) is 5.81. The molecule has 0 amide bonds. The predicted octanol–water partition coefficient (Wildman–Crippen LogP) is 0.0493. The SMILES string of the molecule is CCC.CO.Cc1cn(C2CCC(COC(=O)CN)O2)c(=O)[nH]c1=O. The minimum atomic E-state index is -0.509. The van der Waals surface area contributed by atoms with E-state index in [9.17, 15) is 14.4 Å². The highest BCUT2D eigenvalue weighted by Crippen LogP contribution is 2.27. The fourth-order valence-corrected chi connectivity index (χ4v) is 2.06. The number of aromatic nitrogens is 2. The second-order valence-electron chi connectivity index (χ2n) is 5.36. The van der Waals surface area contributed by atoms with Crippen LogP contribution in [0.1, 0.15) is 44.9 Å². The number of nitrogens with two attached hydrogens (primary N) is 1. The molecule has 2 heterocycles. The first-order valence-electron chi connectivity index (χ1n) is 8.20. The van der Waals surface area contributed by atoms with Gasteiger partial charge in [-0.3, -0.25) is 19.1 Å². The molecular weight excluding hydrogens is 330 g/mol. The molecule has 0 aromatic carbocycles. The molecule has 144 valence electrons. The van der Waals surface area contributed by atoms with Crippen LogP contribution in [0.3, 0.4) is 0 Å². The van der Waals surface area contributed by atoms with E-state index in [-0.39, 0.29) is 19.3 Å². The maximum atomic E-state index is 11.7. The van der Waals surface area contributed by atoms with E-state index in [2.05, 4.69) is 18.8 Å². The van der Waals surface area contributed by atoms with Crippen molar-refractivity contribution < 1.29 is 19.4 Å². The molecule has 2 atom stereocenters. The molecule has 1 fully saturated rings. The molecule has 0 spiro atoms. The van der Waals surface area contributed by atoms with E-state index >= 15 is 0 Å². The summed E-state index contributed by atoms with van der Waals surface area (Å²) in [6.07, 6.45) is 3.26. The molecule has 0 saturated carbocycles. The minimum absolute atomic E-state index is 0.115. The zero-order valence-corrected chi connectivity index (χ0v) is 15.3. The second-order valence-corrected chi connectivity index (χ2v) is 5.36. The zero-order valence-electron chi connectivity index (χ0n) is 15.3. The van der Waals surface area contributed by atoms with Crippen molar-refractivity contribution in [3.8, 4) is 0 Å². The van der Waals surface area contributed by atoms with E-state index < -0.39 is 23.4 Å². The van der Waals surface area contributed by atoms with Gasteiger partial charge in [0.1, 0.15) is 12.8 Å². The van der Waals surface area contributed by atoms with Crippen molar-refractivity contribution in [2.45, 2.75) is 52.4 Å². The van der Waals surface area contributed by atoms with E-state index in [0.717, 1.165) is 7.11 Å². The number of rotatable bonds is 4. The lowest BCUT2D eigenvalue weighted by molar-refractivity contribution is -0.146. The van der Waals surface area contributed by atoms with E-state index in [1.807, 2.05) is 0 Å². The van der Waals surface area contributed by atoms with Gasteiger partial charge >= 0.3 is 11.7 Å². The van der Waals surface area contributed by atoms with E-state index in [1.165, 1.54) is 17.2 Å². The van der Waals surface area contributed by atoms with Crippen molar-refractivity contribution in [2.75, 3.05) is 20.3 Å². The topological polar surface area (TPSA) is 137 Å². The van der Waals surface area contributed by atoms with Crippen LogP contribution < -0.4 is 17.0 Å². The summed E-state index contributed by atoms with van der Waals surface area (Å²) in [6, 6.07) is 0. The highest BCUT2D eigenvalue weighted by atomic mass is 16.6. The average Bonchev–Trinajstić information content (AvgIpc) is 3.07. The lowest BCUT2D eigenvalue weighted by Crippen LogP contribution is -2.33. The van der Waals surface area contributed by atoms with Crippen molar-refractivity contribution in [3.05, 3.63) is 32.6 Å². The fourth-order valence-electron chi connectivity index (χ4n) is 2.06. The number of esters is 1. The Morgan fingerprint density at radius 1 is 1.40 bits per heavy atom. The van der Waals surface area contributed by atoms with Gasteiger partial charge in [-0.2, -0.15) is 0 Å². The van der Waals surface area contributed by atoms with Crippen LogP contribution in [0.2, 0.25) is 0 Å². The molecule has 1 aromatic rings. The molecule has 0 aliphatic carbocycles. The first-order chi connectivity index (χ1) is 11.9. The van der Waals surface area contributed by atoms with Gasteiger partial charge < -0.3 is 20.3 Å². The molecular formula is C16H29N3O6. The van der Waals surface area contributed by atoms with Gasteiger partial charge in [-0.15, -0.1) is 0 Å². The van der Waals surface area contributed by atoms with Gasteiger partial charge in [0, 0.05) is 18.9 Å². The Morgan fingerprint density at radius 2 is 2.00 bits per heavy atom. The molecule has 0 bridgehead atoms. The standard InChI is InChI=1S/C12H17N3O5.C3H8.CH4O/c1-7-5-15(12(18)14-11(7)17)9-3-2-8(20-9)6-19-10(16)4-13;1-3-2;1-2/h5,8-9H,2-4,6,13H2,1H3,(H,14,17,18);3H2,1-2H3;2H,1H3. The van der Waals surface area contributed by atoms with Crippen LogP contribution >= 0.6 is 0 Å². The summed E-state index contributed by atoms with van der Waals surface area (Å²) in [5, 5.41) is 7.00. The molecule has 1 saturated heterocycles. The van der Waals surface area contributed by atoms with Crippen LogP contribution in [0.15, 0.2) is 15.8 Å². The van der Waals surface area contributed by atoms with Crippen LogP contribution in [0.4, 0.5) is 0 Å². The summed E-state index contributed by atoms with van der Waals surface area (Å²) in [7, 11) is 1.00. The van der Waals surface area contributed by atoms with Gasteiger partial charge in [-0.1, -0.05) is 20.3 Å². The summed E-state index contributed by atoms with van der Waals surface area (Å²) in [5.41, 5.74) is 4.65. The number of H-pyrrole nitrogens is 1. The Balaban J connectivity index is 0.00000104. The number of aryl methyl sites for hydroxylation is 1. The van der Waals surface area contributed by atoms with Gasteiger partial charge in [0.15, 0.2) is 0 Å². The van der Waals surface area contributed by atoms with Crippen molar-refractivity contribution in [1.29, 1.82) is 0 Å². The summed E-state index contributed by atoms with van der Waals surface area (Å²) < 4.78 is 11.9. The van der Waals surface area contributed by atoms with E-state index in [0.29, 0.717) is 18.4 Å². The number of nitrogens with one attached hydrogen (secondary N) is 1. The van der Waals surface area contributed by atoms with Crippen LogP contribution in [0.5, 0.6) is 0 Å². The van der Waals surface area contributed by atoms with Crippen molar-refractivity contribution >= 4 is 5.97 Å². The third-order valence-corrected chi connectivity index (χ3v) is 3.14. The van der Waals surface area contributed by atoms with Gasteiger partial charge in [0.2, 0.25) is 0 Å². The molecule has 4 N–H and O–H groups in total. The van der Waals surface area contributed by atoms with E-state index in [4.69, 9.17) is 20.3 Å². The number of ether oxygens (including phenoxy) is 2. The summed E-state index contributed by atoms with van der Waals surface area (Å²) in [4.78, 5) is 36.2. The maximum absolute atomic E-state index is 11.7. The number of hydrogen-bond donors (Lipinski definition) is 3. The number of carbonyl (C=O) groups excluding carboxylic acids is 1.